The van der Waals surface area contributed by atoms with Crippen LogP contribution in [0.25, 0.3) is 10.8 Å². The van der Waals surface area contributed by atoms with Crippen LogP contribution in [0, 0.1) is 6.92 Å². The number of carbonyl (C=O) groups is 1. The lowest BCUT2D eigenvalue weighted by Crippen LogP contribution is -2.19. The smallest absolute Gasteiger partial charge is 0.217 e. The standard InChI is InChI=1S/C14H15NO.2C2H6/c1-10-7-12-5-3-4-6-14(12)13(8-10)9-15-11(2)16;2*1-2/h3-8H,9H2,1-2H3,(H,15,16);2*1-2H3. The predicted octanol–water partition coefficient (Wildman–Crippen LogP) is 4.84. The van der Waals surface area contributed by atoms with Crippen molar-refractivity contribution >= 4 is 16.7 Å². The molecule has 0 aliphatic rings. The highest BCUT2D eigenvalue weighted by molar-refractivity contribution is 5.86. The molecule has 110 valence electrons. The summed E-state index contributed by atoms with van der Waals surface area (Å²) < 4.78 is 0. The molecule has 1 N–H and O–H groups in total. The Morgan fingerprint density at radius 1 is 1.05 bits per heavy atom. The lowest BCUT2D eigenvalue weighted by atomic mass is 10.0. The third kappa shape index (κ3) is 5.43. The molecule has 2 heteroatoms. The number of nitrogens with one attached hydrogen (secondary N) is 1. The highest BCUT2D eigenvalue weighted by Gasteiger charge is 2.02. The van der Waals surface area contributed by atoms with E-state index in [9.17, 15) is 4.79 Å². The van der Waals surface area contributed by atoms with Crippen LogP contribution in [-0.2, 0) is 11.3 Å². The molecule has 0 saturated carbocycles. The van der Waals surface area contributed by atoms with Gasteiger partial charge in [0.1, 0.15) is 0 Å². The summed E-state index contributed by atoms with van der Waals surface area (Å²) in [5, 5.41) is 5.28. The number of amides is 1. The first-order chi connectivity index (χ1) is 9.66. The quantitative estimate of drug-likeness (QED) is 0.833. The Bertz CT molecular complexity index is 532. The van der Waals surface area contributed by atoms with Crippen LogP contribution < -0.4 is 5.32 Å². The van der Waals surface area contributed by atoms with Gasteiger partial charge in [0, 0.05) is 13.5 Å². The van der Waals surface area contributed by atoms with Crippen molar-refractivity contribution in [3.8, 4) is 0 Å². The Morgan fingerprint density at radius 3 is 2.25 bits per heavy atom. The maximum atomic E-state index is 10.9. The number of aryl methyl sites for hydroxylation is 1. The fraction of sp³-hybridized carbons (Fsp3) is 0.389. The minimum absolute atomic E-state index is 0.00517. The Labute approximate surface area is 123 Å². The molecule has 0 atom stereocenters. The molecule has 0 radical (unpaired) electrons. The maximum absolute atomic E-state index is 10.9. The van der Waals surface area contributed by atoms with Gasteiger partial charge in [-0.1, -0.05) is 69.7 Å². The van der Waals surface area contributed by atoms with Gasteiger partial charge in [0.05, 0.1) is 0 Å². The van der Waals surface area contributed by atoms with Crippen molar-refractivity contribution in [2.24, 2.45) is 0 Å². The van der Waals surface area contributed by atoms with Gasteiger partial charge in [-0.3, -0.25) is 4.79 Å². The van der Waals surface area contributed by atoms with Crippen molar-refractivity contribution in [1.29, 1.82) is 0 Å². The summed E-state index contributed by atoms with van der Waals surface area (Å²) in [6.45, 7) is 12.2. The number of carbonyl (C=O) groups excluding carboxylic acids is 1. The third-order valence-electron chi connectivity index (χ3n) is 2.62. The van der Waals surface area contributed by atoms with Crippen LogP contribution in [-0.4, -0.2) is 5.91 Å². The summed E-state index contributed by atoms with van der Waals surface area (Å²) in [5.74, 6) is 0.00517. The molecule has 0 bridgehead atoms. The van der Waals surface area contributed by atoms with Crippen LogP contribution in [0.4, 0.5) is 0 Å². The van der Waals surface area contributed by atoms with E-state index < -0.39 is 0 Å². The Morgan fingerprint density at radius 2 is 1.65 bits per heavy atom. The average molecular weight is 273 g/mol. The molecule has 2 aromatic carbocycles. The van der Waals surface area contributed by atoms with E-state index in [4.69, 9.17) is 0 Å². The molecule has 0 unspecified atom stereocenters. The number of fused-ring (bicyclic) bond motifs is 1. The largest absolute Gasteiger partial charge is 0.352 e. The van der Waals surface area contributed by atoms with Gasteiger partial charge < -0.3 is 5.32 Å². The average Bonchev–Trinajstić information content (AvgIpc) is 2.48. The monoisotopic (exact) mass is 273 g/mol. The Balaban J connectivity index is 0.000000829. The van der Waals surface area contributed by atoms with E-state index in [1.165, 1.54) is 28.8 Å². The van der Waals surface area contributed by atoms with E-state index in [-0.39, 0.29) is 5.91 Å². The van der Waals surface area contributed by atoms with E-state index in [2.05, 4.69) is 36.5 Å². The third-order valence-corrected chi connectivity index (χ3v) is 2.62. The molecule has 0 aliphatic heterocycles. The van der Waals surface area contributed by atoms with Gasteiger partial charge in [0.2, 0.25) is 5.91 Å². The summed E-state index contributed by atoms with van der Waals surface area (Å²) in [6.07, 6.45) is 0. The van der Waals surface area contributed by atoms with Crippen LogP contribution in [0.5, 0.6) is 0 Å². The van der Waals surface area contributed by atoms with E-state index in [1.807, 2.05) is 39.8 Å². The van der Waals surface area contributed by atoms with Gasteiger partial charge in [-0.25, -0.2) is 0 Å². The highest BCUT2D eigenvalue weighted by Crippen LogP contribution is 2.20. The van der Waals surface area contributed by atoms with Crippen LogP contribution in [0.2, 0.25) is 0 Å². The SMILES string of the molecule is CC.CC.CC(=O)NCc1cc(C)cc2ccccc12. The van der Waals surface area contributed by atoms with E-state index in [1.54, 1.807) is 0 Å². The normalized spacial score (nSPS) is 8.90. The fourth-order valence-electron chi connectivity index (χ4n) is 1.92. The van der Waals surface area contributed by atoms with E-state index in [0.29, 0.717) is 6.54 Å². The second-order valence-electron chi connectivity index (χ2n) is 4.05. The van der Waals surface area contributed by atoms with Crippen molar-refractivity contribution in [3.63, 3.8) is 0 Å². The molecule has 2 nitrogen and oxygen atoms in total. The second-order valence-corrected chi connectivity index (χ2v) is 4.05. The Hall–Kier alpha value is -1.83. The van der Waals surface area contributed by atoms with E-state index >= 15 is 0 Å². The van der Waals surface area contributed by atoms with Crippen molar-refractivity contribution < 1.29 is 4.79 Å². The molecule has 2 aromatic rings. The van der Waals surface area contributed by atoms with Crippen LogP contribution in [0.15, 0.2) is 36.4 Å². The van der Waals surface area contributed by atoms with Crippen molar-refractivity contribution in [3.05, 3.63) is 47.5 Å². The minimum atomic E-state index is 0.00517. The fourth-order valence-corrected chi connectivity index (χ4v) is 1.92. The number of hydrogen-bond donors (Lipinski definition) is 1. The zero-order chi connectivity index (χ0) is 15.5. The van der Waals surface area contributed by atoms with Crippen molar-refractivity contribution in [1.82, 2.24) is 5.32 Å². The van der Waals surface area contributed by atoms with E-state index in [0.717, 1.165) is 0 Å². The van der Waals surface area contributed by atoms with Gasteiger partial charge in [0.15, 0.2) is 0 Å². The molecule has 0 aromatic heterocycles. The van der Waals surface area contributed by atoms with Gasteiger partial charge in [-0.2, -0.15) is 0 Å². The summed E-state index contributed by atoms with van der Waals surface area (Å²) in [7, 11) is 0. The first-order valence-electron chi connectivity index (χ1n) is 7.39. The van der Waals surface area contributed by atoms with Crippen LogP contribution in [0.1, 0.15) is 45.7 Å². The number of hydrogen-bond acceptors (Lipinski definition) is 1. The van der Waals surface area contributed by atoms with Gasteiger partial charge in [-0.15, -0.1) is 0 Å². The molecule has 0 aliphatic carbocycles. The molecule has 0 fully saturated rings. The zero-order valence-corrected chi connectivity index (χ0v) is 13.6. The lowest BCUT2D eigenvalue weighted by Gasteiger charge is -2.08. The van der Waals surface area contributed by atoms with Crippen LogP contribution >= 0.6 is 0 Å². The predicted molar refractivity (Wildman–Crippen MR) is 88.9 cm³/mol. The molecule has 1 amide bonds. The first-order valence-corrected chi connectivity index (χ1v) is 7.39. The van der Waals surface area contributed by atoms with Gasteiger partial charge in [-0.05, 0) is 23.3 Å². The van der Waals surface area contributed by atoms with Gasteiger partial charge in [0.25, 0.3) is 0 Å². The summed E-state index contributed by atoms with van der Waals surface area (Å²) in [6, 6.07) is 12.5. The maximum Gasteiger partial charge on any atom is 0.217 e. The molecule has 0 heterocycles. The zero-order valence-electron chi connectivity index (χ0n) is 13.6. The second kappa shape index (κ2) is 10.0. The molecule has 20 heavy (non-hydrogen) atoms. The van der Waals surface area contributed by atoms with Crippen LogP contribution in [0.3, 0.4) is 0 Å². The number of rotatable bonds is 2. The molecular weight excluding hydrogens is 246 g/mol. The summed E-state index contributed by atoms with van der Waals surface area (Å²) >= 11 is 0. The summed E-state index contributed by atoms with van der Waals surface area (Å²) in [4.78, 5) is 10.9. The molecular formula is C18H27NO. The number of benzene rings is 2. The van der Waals surface area contributed by atoms with Crippen molar-refractivity contribution in [2.75, 3.05) is 0 Å². The summed E-state index contributed by atoms with van der Waals surface area (Å²) in [5.41, 5.74) is 2.39. The molecule has 0 spiro atoms. The van der Waals surface area contributed by atoms with Gasteiger partial charge >= 0.3 is 0 Å². The Kier molecular flexibility index (Phi) is 9.10. The minimum Gasteiger partial charge on any atom is -0.352 e. The van der Waals surface area contributed by atoms with Crippen molar-refractivity contribution in [2.45, 2.75) is 48.1 Å². The molecule has 2 rings (SSSR count). The highest BCUT2D eigenvalue weighted by atomic mass is 16.1. The topological polar surface area (TPSA) is 29.1 Å². The first kappa shape index (κ1) is 18.2. The molecule has 0 saturated heterocycles. The lowest BCUT2D eigenvalue weighted by molar-refractivity contribution is -0.119.